The van der Waals surface area contributed by atoms with Crippen molar-refractivity contribution in [3.05, 3.63) is 0 Å². The van der Waals surface area contributed by atoms with Crippen LogP contribution in [0.25, 0.3) is 0 Å². The van der Waals surface area contributed by atoms with Gasteiger partial charge in [0.25, 0.3) is 0 Å². The van der Waals surface area contributed by atoms with Crippen molar-refractivity contribution in [1.82, 2.24) is 0 Å². The summed E-state index contributed by atoms with van der Waals surface area (Å²) in [6, 6.07) is 2.80. The van der Waals surface area contributed by atoms with Gasteiger partial charge in [0, 0.05) is 0 Å². The Labute approximate surface area is 182 Å². The summed E-state index contributed by atoms with van der Waals surface area (Å²) in [4.78, 5) is 0. The third-order valence-corrected chi connectivity index (χ3v) is 9.83. The van der Waals surface area contributed by atoms with Crippen molar-refractivity contribution in [2.75, 3.05) is 0 Å². The Morgan fingerprint density at radius 1 is 0.655 bits per heavy atom. The maximum atomic E-state index is 9.94. The molecule has 4 aliphatic carbocycles. The number of hydrogen-bond acceptors (Lipinski definition) is 1. The molecule has 1 nitrogen and oxygen atoms in total. The zero-order valence-electron chi connectivity index (χ0n) is 19.9. The second-order valence-electron chi connectivity index (χ2n) is 11.5. The van der Waals surface area contributed by atoms with E-state index < -0.39 is 0 Å². The highest BCUT2D eigenvalue weighted by Crippen LogP contribution is 2.64. The molecule has 0 aromatic rings. The van der Waals surface area contributed by atoms with E-state index in [0.29, 0.717) is 5.41 Å². The molecule has 0 aromatic carbocycles. The van der Waals surface area contributed by atoms with E-state index in [1.54, 1.807) is 0 Å². The summed E-state index contributed by atoms with van der Waals surface area (Å²) in [6.07, 6.45) is 29.4. The normalized spacial score (nSPS) is 36.8. The van der Waals surface area contributed by atoms with Gasteiger partial charge in [-0.2, -0.15) is 5.26 Å². The zero-order valence-corrected chi connectivity index (χ0v) is 19.9. The molecule has 4 fully saturated rings. The van der Waals surface area contributed by atoms with Crippen LogP contribution in [0.1, 0.15) is 149 Å². The van der Waals surface area contributed by atoms with Gasteiger partial charge in [-0.25, -0.2) is 0 Å². The van der Waals surface area contributed by atoms with Crippen LogP contribution in [0.5, 0.6) is 0 Å². The van der Waals surface area contributed by atoms with Crippen LogP contribution < -0.4 is 0 Å². The van der Waals surface area contributed by atoms with Crippen molar-refractivity contribution in [2.45, 2.75) is 149 Å². The molecule has 0 spiro atoms. The average molecular weight is 400 g/mol. The highest BCUT2D eigenvalue weighted by atomic mass is 14.6. The number of unbranched alkanes of at least 4 members (excludes halogenated alkanes) is 7. The Morgan fingerprint density at radius 2 is 1.17 bits per heavy atom. The fraction of sp³-hybridized carbons (Fsp3) is 0.964. The molecule has 0 radical (unpaired) electrons. The van der Waals surface area contributed by atoms with E-state index in [1.807, 2.05) is 0 Å². The summed E-state index contributed by atoms with van der Waals surface area (Å²) in [5, 5.41) is 9.94. The first-order chi connectivity index (χ1) is 14.1. The van der Waals surface area contributed by atoms with Gasteiger partial charge in [-0.3, -0.25) is 0 Å². The number of hydrogen-bond donors (Lipinski definition) is 0. The summed E-state index contributed by atoms with van der Waals surface area (Å²) >= 11 is 0. The third kappa shape index (κ3) is 5.60. The first kappa shape index (κ1) is 23.2. The maximum absolute atomic E-state index is 9.94. The summed E-state index contributed by atoms with van der Waals surface area (Å²) < 4.78 is 0. The lowest BCUT2D eigenvalue weighted by Gasteiger charge is -2.58. The van der Waals surface area contributed by atoms with Gasteiger partial charge < -0.3 is 0 Å². The van der Waals surface area contributed by atoms with Crippen LogP contribution in [0.4, 0.5) is 0 Å². The van der Waals surface area contributed by atoms with Gasteiger partial charge in [0.05, 0.1) is 11.5 Å². The van der Waals surface area contributed by atoms with E-state index in [0.717, 1.165) is 11.3 Å². The lowest BCUT2D eigenvalue weighted by molar-refractivity contribution is -0.0690. The first-order valence-corrected chi connectivity index (χ1v) is 13.5. The van der Waals surface area contributed by atoms with Crippen LogP contribution in [0.3, 0.4) is 0 Å². The molecule has 2 bridgehead atoms. The largest absolute Gasteiger partial charge is 0.198 e. The van der Waals surface area contributed by atoms with Gasteiger partial charge >= 0.3 is 0 Å². The standard InChI is InChI=1S/C28H49N/c1-3-5-7-9-11-14-26-18-21-28(22-19-26,23-20-26)25-12-16-27(24-29,17-13-25)15-10-8-6-4-2/h25H,3-23H2,1-2H3/t25-,26?,27-,28?. The Balaban J connectivity index is 1.45. The second kappa shape index (κ2) is 10.7. The van der Waals surface area contributed by atoms with Gasteiger partial charge in [-0.15, -0.1) is 0 Å². The van der Waals surface area contributed by atoms with Crippen LogP contribution in [0.2, 0.25) is 0 Å². The molecule has 166 valence electrons. The molecular formula is C28H49N. The van der Waals surface area contributed by atoms with Crippen molar-refractivity contribution < 1.29 is 0 Å². The molecule has 4 aliphatic rings. The molecule has 0 heterocycles. The van der Waals surface area contributed by atoms with E-state index >= 15 is 0 Å². The summed E-state index contributed by atoms with van der Waals surface area (Å²) in [7, 11) is 0. The fourth-order valence-corrected chi connectivity index (χ4v) is 7.47. The zero-order chi connectivity index (χ0) is 20.6. The molecule has 0 amide bonds. The molecule has 0 aromatic heterocycles. The van der Waals surface area contributed by atoms with Crippen LogP contribution >= 0.6 is 0 Å². The Hall–Kier alpha value is -0.510. The summed E-state index contributed by atoms with van der Waals surface area (Å²) in [6.45, 7) is 4.60. The molecule has 0 saturated heterocycles. The smallest absolute Gasteiger partial charge is 0.0689 e. The molecule has 0 N–H and O–H groups in total. The van der Waals surface area contributed by atoms with Crippen molar-refractivity contribution in [3.8, 4) is 6.07 Å². The third-order valence-electron chi connectivity index (χ3n) is 9.83. The van der Waals surface area contributed by atoms with E-state index in [-0.39, 0.29) is 5.41 Å². The SMILES string of the molecule is CCCCCCCC12CCC([C@H]3CC[C@@](C#N)(CCCCCC)CC3)(CC1)CC2. The van der Waals surface area contributed by atoms with Gasteiger partial charge in [0.2, 0.25) is 0 Å². The van der Waals surface area contributed by atoms with E-state index in [2.05, 4.69) is 19.9 Å². The minimum atomic E-state index is 0.0342. The predicted molar refractivity (Wildman–Crippen MR) is 125 cm³/mol. The Kier molecular flexibility index (Phi) is 8.53. The first-order valence-electron chi connectivity index (χ1n) is 13.5. The fourth-order valence-electron chi connectivity index (χ4n) is 7.47. The highest BCUT2D eigenvalue weighted by molar-refractivity contribution is 5.07. The maximum Gasteiger partial charge on any atom is 0.0689 e. The number of nitrogens with zero attached hydrogens (tertiary/aromatic N) is 1. The summed E-state index contributed by atoms with van der Waals surface area (Å²) in [5.41, 5.74) is 1.44. The van der Waals surface area contributed by atoms with E-state index in [4.69, 9.17) is 0 Å². The molecule has 0 unspecified atom stereocenters. The van der Waals surface area contributed by atoms with Crippen LogP contribution in [0.15, 0.2) is 0 Å². The summed E-state index contributed by atoms with van der Waals surface area (Å²) in [5.74, 6) is 0.933. The monoisotopic (exact) mass is 399 g/mol. The van der Waals surface area contributed by atoms with Crippen molar-refractivity contribution in [3.63, 3.8) is 0 Å². The lowest BCUT2D eigenvalue weighted by atomic mass is 9.47. The molecular weight excluding hydrogens is 350 g/mol. The lowest BCUT2D eigenvalue weighted by Crippen LogP contribution is -2.47. The molecule has 0 atom stereocenters. The van der Waals surface area contributed by atoms with Crippen LogP contribution in [-0.4, -0.2) is 0 Å². The quantitative estimate of drug-likeness (QED) is 0.300. The topological polar surface area (TPSA) is 23.8 Å². The van der Waals surface area contributed by atoms with Crippen molar-refractivity contribution >= 4 is 0 Å². The molecule has 4 saturated carbocycles. The van der Waals surface area contributed by atoms with Gasteiger partial charge in [0.1, 0.15) is 0 Å². The highest BCUT2D eigenvalue weighted by Gasteiger charge is 2.52. The van der Waals surface area contributed by atoms with Crippen molar-refractivity contribution in [2.24, 2.45) is 22.2 Å². The molecule has 29 heavy (non-hydrogen) atoms. The van der Waals surface area contributed by atoms with Gasteiger partial charge in [-0.1, -0.05) is 71.6 Å². The average Bonchev–Trinajstić information content (AvgIpc) is 2.78. The predicted octanol–water partition coefficient (Wildman–Crippen LogP) is 9.36. The molecule has 0 aliphatic heterocycles. The van der Waals surface area contributed by atoms with Crippen molar-refractivity contribution in [1.29, 1.82) is 5.26 Å². The second-order valence-corrected chi connectivity index (χ2v) is 11.5. The number of nitriles is 1. The minimum Gasteiger partial charge on any atom is -0.198 e. The number of fused-ring (bicyclic) bond motifs is 3. The van der Waals surface area contributed by atoms with Gasteiger partial charge in [-0.05, 0) is 93.8 Å². The van der Waals surface area contributed by atoms with Crippen LogP contribution in [0, 0.1) is 33.5 Å². The van der Waals surface area contributed by atoms with Gasteiger partial charge in [0.15, 0.2) is 0 Å². The van der Waals surface area contributed by atoms with Crippen LogP contribution in [-0.2, 0) is 0 Å². The van der Waals surface area contributed by atoms with E-state index in [9.17, 15) is 5.26 Å². The Morgan fingerprint density at radius 3 is 1.72 bits per heavy atom. The molecule has 1 heteroatoms. The Bertz CT molecular complexity index is 494. The number of rotatable bonds is 12. The molecule has 4 rings (SSSR count). The minimum absolute atomic E-state index is 0.0342. The van der Waals surface area contributed by atoms with E-state index in [1.165, 1.54) is 135 Å².